The molecule has 0 atom stereocenters. The van der Waals surface area contributed by atoms with Gasteiger partial charge in [-0.1, -0.05) is 23.7 Å². The zero-order valence-electron chi connectivity index (χ0n) is 8.81. The van der Waals surface area contributed by atoms with Crippen LogP contribution >= 0.6 is 11.6 Å². The van der Waals surface area contributed by atoms with Gasteiger partial charge < -0.3 is 5.32 Å². The van der Waals surface area contributed by atoms with Gasteiger partial charge >= 0.3 is 0 Å². The van der Waals surface area contributed by atoms with Crippen LogP contribution < -0.4 is 5.32 Å². The third-order valence-corrected chi connectivity index (χ3v) is 2.48. The van der Waals surface area contributed by atoms with Crippen molar-refractivity contribution in [2.75, 3.05) is 6.54 Å². The Morgan fingerprint density at radius 1 is 1.25 bits per heavy atom. The van der Waals surface area contributed by atoms with Crippen LogP contribution in [-0.2, 0) is 13.1 Å². The van der Waals surface area contributed by atoms with Crippen LogP contribution in [-0.4, -0.2) is 21.3 Å². The summed E-state index contributed by atoms with van der Waals surface area (Å²) in [4.78, 5) is 3.88. The zero-order valence-corrected chi connectivity index (χ0v) is 9.56. The van der Waals surface area contributed by atoms with Crippen molar-refractivity contribution in [2.45, 2.75) is 13.1 Å². The second-order valence-electron chi connectivity index (χ2n) is 3.46. The second-order valence-corrected chi connectivity index (χ2v) is 3.90. The zero-order chi connectivity index (χ0) is 11.2. The molecule has 84 valence electrons. The highest BCUT2D eigenvalue weighted by Crippen LogP contribution is 2.08. The lowest BCUT2D eigenvalue weighted by Crippen LogP contribution is -2.19. The van der Waals surface area contributed by atoms with Crippen molar-refractivity contribution in [3.8, 4) is 0 Å². The van der Waals surface area contributed by atoms with Gasteiger partial charge in [-0.3, -0.25) is 4.68 Å². The first-order chi connectivity index (χ1) is 7.84. The summed E-state index contributed by atoms with van der Waals surface area (Å²) in [5.74, 6) is 0. The van der Waals surface area contributed by atoms with E-state index in [9.17, 15) is 0 Å². The number of nitrogens with zero attached hydrogens (tertiary/aromatic N) is 3. The Hall–Kier alpha value is -1.39. The molecule has 2 aromatic rings. The molecule has 0 amide bonds. The van der Waals surface area contributed by atoms with E-state index < -0.39 is 0 Å². The van der Waals surface area contributed by atoms with Crippen LogP contribution in [0.1, 0.15) is 5.56 Å². The highest BCUT2D eigenvalue weighted by molar-refractivity contribution is 6.30. The fourth-order valence-corrected chi connectivity index (χ4v) is 1.50. The molecule has 1 N–H and O–H groups in total. The third kappa shape index (κ3) is 3.32. The number of nitrogens with one attached hydrogen (secondary N) is 1. The Morgan fingerprint density at radius 2 is 2.06 bits per heavy atom. The molecule has 0 aliphatic rings. The van der Waals surface area contributed by atoms with E-state index in [2.05, 4.69) is 15.4 Å². The lowest BCUT2D eigenvalue weighted by atomic mass is 10.2. The van der Waals surface area contributed by atoms with Gasteiger partial charge in [-0.05, 0) is 17.7 Å². The van der Waals surface area contributed by atoms with E-state index in [0.29, 0.717) is 0 Å². The van der Waals surface area contributed by atoms with Crippen LogP contribution in [0.5, 0.6) is 0 Å². The lowest BCUT2D eigenvalue weighted by Gasteiger charge is -2.04. The number of aromatic nitrogens is 3. The quantitative estimate of drug-likeness (QED) is 0.804. The first-order valence-electron chi connectivity index (χ1n) is 5.12. The van der Waals surface area contributed by atoms with Crippen molar-refractivity contribution < 1.29 is 0 Å². The Bertz CT molecular complexity index is 410. The van der Waals surface area contributed by atoms with E-state index in [1.807, 2.05) is 24.3 Å². The van der Waals surface area contributed by atoms with E-state index in [4.69, 9.17) is 11.6 Å². The largest absolute Gasteiger partial charge is 0.311 e. The molecule has 0 radical (unpaired) electrons. The molecule has 16 heavy (non-hydrogen) atoms. The first-order valence-corrected chi connectivity index (χ1v) is 5.50. The summed E-state index contributed by atoms with van der Waals surface area (Å²) >= 11 is 5.80. The number of rotatable bonds is 5. The van der Waals surface area contributed by atoms with E-state index in [0.717, 1.165) is 24.7 Å². The molecule has 0 saturated carbocycles. The Kier molecular flexibility index (Phi) is 3.91. The van der Waals surface area contributed by atoms with E-state index in [1.165, 1.54) is 5.56 Å². The summed E-state index contributed by atoms with van der Waals surface area (Å²) in [6.07, 6.45) is 3.25. The van der Waals surface area contributed by atoms with E-state index in [-0.39, 0.29) is 0 Å². The standard InChI is InChI=1S/C11H13ClN4/c12-11-3-1-10(2-4-11)7-13-5-6-16-9-14-8-15-16/h1-4,8-9,13H,5-7H2. The first kappa shape index (κ1) is 11.1. The van der Waals surface area contributed by atoms with Crippen molar-refractivity contribution >= 4 is 11.6 Å². The van der Waals surface area contributed by atoms with Crippen LogP contribution in [0.2, 0.25) is 5.02 Å². The van der Waals surface area contributed by atoms with Crippen molar-refractivity contribution in [3.63, 3.8) is 0 Å². The molecular formula is C11H13ClN4. The topological polar surface area (TPSA) is 42.7 Å². The minimum absolute atomic E-state index is 0.770. The molecule has 5 heteroatoms. The SMILES string of the molecule is Clc1ccc(CNCCn2cncn2)cc1. The second kappa shape index (κ2) is 5.63. The van der Waals surface area contributed by atoms with E-state index >= 15 is 0 Å². The van der Waals surface area contributed by atoms with Crippen molar-refractivity contribution in [1.29, 1.82) is 0 Å². The molecule has 0 bridgehead atoms. The number of hydrogen-bond acceptors (Lipinski definition) is 3. The highest BCUT2D eigenvalue weighted by Gasteiger charge is 1.94. The Labute approximate surface area is 99.3 Å². The Balaban J connectivity index is 1.70. The maximum Gasteiger partial charge on any atom is 0.137 e. The summed E-state index contributed by atoms with van der Waals surface area (Å²) in [5, 5.41) is 8.12. The molecule has 0 spiro atoms. The summed E-state index contributed by atoms with van der Waals surface area (Å²) < 4.78 is 1.80. The summed E-state index contributed by atoms with van der Waals surface area (Å²) in [6.45, 7) is 2.53. The summed E-state index contributed by atoms with van der Waals surface area (Å²) in [7, 11) is 0. The molecule has 0 saturated heterocycles. The third-order valence-electron chi connectivity index (χ3n) is 2.23. The Morgan fingerprint density at radius 3 is 2.75 bits per heavy atom. The average Bonchev–Trinajstić information content (AvgIpc) is 2.80. The van der Waals surface area contributed by atoms with Gasteiger partial charge in [-0.15, -0.1) is 0 Å². The van der Waals surface area contributed by atoms with Crippen molar-refractivity contribution in [3.05, 3.63) is 47.5 Å². The molecule has 1 aromatic carbocycles. The minimum atomic E-state index is 0.770. The molecule has 0 aliphatic heterocycles. The predicted molar refractivity (Wildman–Crippen MR) is 63.2 cm³/mol. The van der Waals surface area contributed by atoms with Crippen LogP contribution in [0, 0.1) is 0 Å². The van der Waals surface area contributed by atoms with Gasteiger partial charge in [-0.2, -0.15) is 5.10 Å². The fourth-order valence-electron chi connectivity index (χ4n) is 1.38. The van der Waals surface area contributed by atoms with Crippen molar-refractivity contribution in [2.24, 2.45) is 0 Å². The normalized spacial score (nSPS) is 10.6. The van der Waals surface area contributed by atoms with Gasteiger partial charge in [-0.25, -0.2) is 4.98 Å². The molecule has 2 rings (SSSR count). The van der Waals surface area contributed by atoms with Crippen molar-refractivity contribution in [1.82, 2.24) is 20.1 Å². The summed E-state index contributed by atoms with van der Waals surface area (Å²) in [6, 6.07) is 7.83. The average molecular weight is 237 g/mol. The molecule has 0 fully saturated rings. The van der Waals surface area contributed by atoms with Gasteiger partial charge in [0.2, 0.25) is 0 Å². The number of hydrogen-bond donors (Lipinski definition) is 1. The van der Waals surface area contributed by atoms with Gasteiger partial charge in [0.1, 0.15) is 12.7 Å². The smallest absolute Gasteiger partial charge is 0.137 e. The van der Waals surface area contributed by atoms with Gasteiger partial charge in [0.05, 0.1) is 6.54 Å². The van der Waals surface area contributed by atoms with Gasteiger partial charge in [0.25, 0.3) is 0 Å². The minimum Gasteiger partial charge on any atom is -0.311 e. The number of benzene rings is 1. The number of halogens is 1. The monoisotopic (exact) mass is 236 g/mol. The van der Waals surface area contributed by atoms with E-state index in [1.54, 1.807) is 17.3 Å². The van der Waals surface area contributed by atoms with Crippen LogP contribution in [0.25, 0.3) is 0 Å². The maximum atomic E-state index is 5.80. The van der Waals surface area contributed by atoms with Crippen LogP contribution in [0.3, 0.4) is 0 Å². The van der Waals surface area contributed by atoms with Crippen LogP contribution in [0.15, 0.2) is 36.9 Å². The molecule has 0 aliphatic carbocycles. The lowest BCUT2D eigenvalue weighted by molar-refractivity contribution is 0.554. The van der Waals surface area contributed by atoms with Gasteiger partial charge in [0.15, 0.2) is 0 Å². The maximum absolute atomic E-state index is 5.80. The predicted octanol–water partition coefficient (Wildman–Crippen LogP) is 1.72. The van der Waals surface area contributed by atoms with Gasteiger partial charge in [0, 0.05) is 18.1 Å². The molecule has 1 aromatic heterocycles. The molecule has 4 nitrogen and oxygen atoms in total. The fraction of sp³-hybridized carbons (Fsp3) is 0.273. The molecular weight excluding hydrogens is 224 g/mol. The summed E-state index contributed by atoms with van der Waals surface area (Å²) in [5.41, 5.74) is 1.22. The molecule has 0 unspecified atom stereocenters. The van der Waals surface area contributed by atoms with Crippen LogP contribution in [0.4, 0.5) is 0 Å². The molecule has 1 heterocycles. The highest BCUT2D eigenvalue weighted by atomic mass is 35.5.